The molecule has 1 aromatic heterocycles. The van der Waals surface area contributed by atoms with Crippen molar-refractivity contribution < 1.29 is 14.3 Å². The fourth-order valence-corrected chi connectivity index (χ4v) is 1.67. The lowest BCUT2D eigenvalue weighted by Gasteiger charge is -2.05. The van der Waals surface area contributed by atoms with Gasteiger partial charge in [-0.3, -0.25) is 4.79 Å². The van der Waals surface area contributed by atoms with Gasteiger partial charge in [-0.15, -0.1) is 0 Å². The van der Waals surface area contributed by atoms with Gasteiger partial charge in [0.1, 0.15) is 0 Å². The Morgan fingerprint density at radius 3 is 2.70 bits per heavy atom. The Morgan fingerprint density at radius 1 is 1.35 bits per heavy atom. The number of carbonyl (C=O) groups is 2. The van der Waals surface area contributed by atoms with Crippen LogP contribution in [-0.2, 0) is 4.74 Å². The molecule has 2 rings (SSSR count). The number of rotatable bonds is 4. The first-order valence-electron chi connectivity index (χ1n) is 5.89. The highest BCUT2D eigenvalue weighted by Gasteiger charge is 2.21. The minimum Gasteiger partial charge on any atom is -0.461 e. The number of carbonyl (C=O) groups excluding carboxylic acids is 2. The number of hydrogen-bond donors (Lipinski definition) is 2. The molecule has 0 unspecified atom stereocenters. The number of halogens is 1. The predicted molar refractivity (Wildman–Crippen MR) is 73.9 cm³/mol. The second kappa shape index (κ2) is 6.21. The molecule has 0 saturated heterocycles. The molecule has 0 aliphatic carbocycles. The van der Waals surface area contributed by atoms with Gasteiger partial charge in [-0.2, -0.15) is 0 Å². The number of imidazole rings is 1. The molecule has 0 spiro atoms. The maximum Gasteiger partial charge on any atom is 0.357 e. The summed E-state index contributed by atoms with van der Waals surface area (Å²) in [7, 11) is 0. The molecule has 7 heteroatoms. The number of nitrogens with zero attached hydrogens (tertiary/aromatic N) is 1. The lowest BCUT2D eigenvalue weighted by atomic mass is 10.2. The summed E-state index contributed by atoms with van der Waals surface area (Å²) in [5.74, 6) is -1.12. The maximum atomic E-state index is 12.1. The van der Waals surface area contributed by atoms with E-state index in [1.807, 2.05) is 0 Å². The van der Waals surface area contributed by atoms with Crippen molar-refractivity contribution in [2.24, 2.45) is 0 Å². The van der Waals surface area contributed by atoms with Gasteiger partial charge in [0.25, 0.3) is 5.91 Å². The summed E-state index contributed by atoms with van der Waals surface area (Å²) in [5.41, 5.74) is 0.564. The van der Waals surface area contributed by atoms with Crippen LogP contribution >= 0.6 is 11.6 Å². The maximum absolute atomic E-state index is 12.1. The van der Waals surface area contributed by atoms with Crippen LogP contribution in [-0.4, -0.2) is 28.5 Å². The topological polar surface area (TPSA) is 84.1 Å². The Morgan fingerprint density at radius 2 is 2.05 bits per heavy atom. The number of amides is 1. The highest BCUT2D eigenvalue weighted by Crippen LogP contribution is 2.15. The highest BCUT2D eigenvalue weighted by molar-refractivity contribution is 6.30. The lowest BCUT2D eigenvalue weighted by Crippen LogP contribution is -2.17. The molecule has 0 fully saturated rings. The number of aromatic nitrogens is 2. The summed E-state index contributed by atoms with van der Waals surface area (Å²) < 4.78 is 4.84. The third-order valence-corrected chi connectivity index (χ3v) is 2.69. The minimum absolute atomic E-state index is 0.0154. The largest absolute Gasteiger partial charge is 0.461 e. The van der Waals surface area contributed by atoms with E-state index in [-0.39, 0.29) is 18.0 Å². The van der Waals surface area contributed by atoms with Crippen molar-refractivity contribution in [3.8, 4) is 0 Å². The van der Waals surface area contributed by atoms with Crippen LogP contribution in [0.5, 0.6) is 0 Å². The van der Waals surface area contributed by atoms with Crippen LogP contribution in [0.15, 0.2) is 30.6 Å². The van der Waals surface area contributed by atoms with Crippen LogP contribution in [0.2, 0.25) is 5.02 Å². The average Bonchev–Trinajstić information content (AvgIpc) is 2.91. The summed E-state index contributed by atoms with van der Waals surface area (Å²) in [4.78, 5) is 30.1. The normalized spacial score (nSPS) is 10.1. The number of aromatic amines is 1. The van der Waals surface area contributed by atoms with E-state index in [1.54, 1.807) is 31.2 Å². The first kappa shape index (κ1) is 14.1. The first-order chi connectivity index (χ1) is 9.61. The van der Waals surface area contributed by atoms with Crippen LogP contribution in [0, 0.1) is 0 Å². The van der Waals surface area contributed by atoms with E-state index >= 15 is 0 Å². The molecule has 104 valence electrons. The number of anilines is 1. The van der Waals surface area contributed by atoms with Crippen LogP contribution in [0.25, 0.3) is 0 Å². The molecule has 0 radical (unpaired) electrons. The number of esters is 1. The predicted octanol–water partition coefficient (Wildman–Crippen LogP) is 2.49. The quantitative estimate of drug-likeness (QED) is 0.848. The second-order valence-electron chi connectivity index (χ2n) is 3.81. The van der Waals surface area contributed by atoms with Crippen molar-refractivity contribution in [2.45, 2.75) is 6.92 Å². The summed E-state index contributed by atoms with van der Waals surface area (Å²) in [6, 6.07) is 6.59. The SMILES string of the molecule is CCOC(=O)c1[nH]cnc1C(=O)Nc1ccc(Cl)cc1. The molecule has 2 aromatic rings. The molecule has 0 aliphatic rings. The Bertz CT molecular complexity index is 622. The van der Waals surface area contributed by atoms with E-state index in [1.165, 1.54) is 6.33 Å². The van der Waals surface area contributed by atoms with Crippen molar-refractivity contribution in [3.05, 3.63) is 47.0 Å². The van der Waals surface area contributed by atoms with Crippen LogP contribution in [0.1, 0.15) is 27.9 Å². The molecule has 2 N–H and O–H groups in total. The first-order valence-corrected chi connectivity index (χ1v) is 6.27. The van der Waals surface area contributed by atoms with Gasteiger partial charge in [0.05, 0.1) is 12.9 Å². The molecule has 1 heterocycles. The fraction of sp³-hybridized carbons (Fsp3) is 0.154. The van der Waals surface area contributed by atoms with Crippen molar-refractivity contribution >= 4 is 29.2 Å². The molecule has 20 heavy (non-hydrogen) atoms. The van der Waals surface area contributed by atoms with E-state index in [2.05, 4.69) is 15.3 Å². The molecule has 0 bridgehead atoms. The molecule has 1 aromatic carbocycles. The third-order valence-electron chi connectivity index (χ3n) is 2.44. The van der Waals surface area contributed by atoms with Gasteiger partial charge in [-0.1, -0.05) is 11.6 Å². The van der Waals surface area contributed by atoms with Crippen LogP contribution in [0.4, 0.5) is 5.69 Å². The number of benzene rings is 1. The summed E-state index contributed by atoms with van der Waals surface area (Å²) in [5, 5.41) is 3.19. The van der Waals surface area contributed by atoms with Gasteiger partial charge in [-0.05, 0) is 31.2 Å². The molecular weight excluding hydrogens is 282 g/mol. The van der Waals surface area contributed by atoms with E-state index in [9.17, 15) is 9.59 Å². The number of hydrogen-bond acceptors (Lipinski definition) is 4. The van der Waals surface area contributed by atoms with Gasteiger partial charge >= 0.3 is 5.97 Å². The van der Waals surface area contributed by atoms with Crippen molar-refractivity contribution in [1.29, 1.82) is 0 Å². The second-order valence-corrected chi connectivity index (χ2v) is 4.24. The van der Waals surface area contributed by atoms with E-state index in [0.29, 0.717) is 10.7 Å². The van der Waals surface area contributed by atoms with Crippen molar-refractivity contribution in [1.82, 2.24) is 9.97 Å². The number of nitrogens with one attached hydrogen (secondary N) is 2. The summed E-state index contributed by atoms with van der Waals surface area (Å²) in [6.07, 6.45) is 1.27. The zero-order chi connectivity index (χ0) is 14.5. The molecular formula is C13H12ClN3O3. The standard InChI is InChI=1S/C13H12ClN3O3/c1-2-20-13(19)11-10(15-7-16-11)12(18)17-9-5-3-8(14)4-6-9/h3-7H,2H2,1H3,(H,15,16)(H,17,18). The van der Waals surface area contributed by atoms with Gasteiger partial charge in [0.15, 0.2) is 11.4 Å². The molecule has 0 aliphatic heterocycles. The Balaban J connectivity index is 2.15. The van der Waals surface area contributed by atoms with Gasteiger partial charge in [0, 0.05) is 10.7 Å². The van der Waals surface area contributed by atoms with E-state index in [0.717, 1.165) is 0 Å². The van der Waals surface area contributed by atoms with Crippen LogP contribution in [0.3, 0.4) is 0 Å². The zero-order valence-corrected chi connectivity index (χ0v) is 11.4. The minimum atomic E-state index is -0.619. The Hall–Kier alpha value is -2.34. The van der Waals surface area contributed by atoms with Crippen molar-refractivity contribution in [2.75, 3.05) is 11.9 Å². The van der Waals surface area contributed by atoms with Gasteiger partial charge in [-0.25, -0.2) is 9.78 Å². The Labute approximate surface area is 120 Å². The third kappa shape index (κ3) is 3.16. The molecule has 6 nitrogen and oxygen atoms in total. The molecule has 0 atom stereocenters. The van der Waals surface area contributed by atoms with Gasteiger partial charge in [0.2, 0.25) is 0 Å². The average molecular weight is 294 g/mol. The smallest absolute Gasteiger partial charge is 0.357 e. The number of ether oxygens (including phenoxy) is 1. The van der Waals surface area contributed by atoms with E-state index < -0.39 is 11.9 Å². The summed E-state index contributed by atoms with van der Waals surface area (Å²) >= 11 is 5.76. The van der Waals surface area contributed by atoms with Gasteiger partial charge < -0.3 is 15.0 Å². The monoisotopic (exact) mass is 293 g/mol. The number of H-pyrrole nitrogens is 1. The molecule has 1 amide bonds. The molecule has 0 saturated carbocycles. The van der Waals surface area contributed by atoms with E-state index in [4.69, 9.17) is 16.3 Å². The lowest BCUT2D eigenvalue weighted by molar-refractivity contribution is 0.0517. The highest BCUT2D eigenvalue weighted by atomic mass is 35.5. The Kier molecular flexibility index (Phi) is 4.37. The zero-order valence-electron chi connectivity index (χ0n) is 10.6. The van der Waals surface area contributed by atoms with Crippen LogP contribution < -0.4 is 5.32 Å². The van der Waals surface area contributed by atoms with Crippen molar-refractivity contribution in [3.63, 3.8) is 0 Å². The fourth-order valence-electron chi connectivity index (χ4n) is 1.55. The summed E-state index contributed by atoms with van der Waals surface area (Å²) in [6.45, 7) is 1.90.